The van der Waals surface area contributed by atoms with Gasteiger partial charge in [0.05, 0.1) is 18.5 Å². The highest BCUT2D eigenvalue weighted by molar-refractivity contribution is 5.33. The quantitative estimate of drug-likeness (QED) is 0.848. The van der Waals surface area contributed by atoms with Crippen LogP contribution in [0, 0.1) is 0 Å². The number of aliphatic hydroxyl groups is 1. The normalized spacial score (nSPS) is 10.6. The van der Waals surface area contributed by atoms with Crippen LogP contribution < -0.4 is 0 Å². The van der Waals surface area contributed by atoms with Gasteiger partial charge in [0.15, 0.2) is 0 Å². The molecular weight excluding hydrogens is 202 g/mol. The summed E-state index contributed by atoms with van der Waals surface area (Å²) in [5, 5.41) is 13.5. The number of pyridine rings is 1. The topological polar surface area (TPSA) is 50.9 Å². The summed E-state index contributed by atoms with van der Waals surface area (Å²) >= 11 is 0. The van der Waals surface area contributed by atoms with Crippen molar-refractivity contribution in [2.45, 2.75) is 26.4 Å². The van der Waals surface area contributed by atoms with Crippen LogP contribution in [0.2, 0.25) is 0 Å². The molecule has 4 heteroatoms. The molecule has 0 fully saturated rings. The van der Waals surface area contributed by atoms with E-state index in [-0.39, 0.29) is 6.61 Å². The SMILES string of the molecule is CCCc1c(CO)cnn1-c1ccncc1. The standard InChI is InChI=1S/C12H15N3O/c1-2-3-12-10(9-16)8-14-15(12)11-4-6-13-7-5-11/h4-8,16H,2-3,9H2,1H3. The maximum atomic E-state index is 9.24. The van der Waals surface area contributed by atoms with Gasteiger partial charge < -0.3 is 5.11 Å². The Balaban J connectivity index is 2.44. The Morgan fingerprint density at radius 1 is 1.31 bits per heavy atom. The average molecular weight is 217 g/mol. The van der Waals surface area contributed by atoms with Crippen molar-refractivity contribution >= 4 is 0 Å². The largest absolute Gasteiger partial charge is 0.392 e. The van der Waals surface area contributed by atoms with Crippen LogP contribution in [0.3, 0.4) is 0 Å². The minimum atomic E-state index is 0.0421. The minimum absolute atomic E-state index is 0.0421. The molecule has 0 spiro atoms. The van der Waals surface area contributed by atoms with Crippen LogP contribution >= 0.6 is 0 Å². The molecule has 0 aromatic carbocycles. The van der Waals surface area contributed by atoms with E-state index in [0.717, 1.165) is 29.8 Å². The Labute approximate surface area is 94.6 Å². The lowest BCUT2D eigenvalue weighted by molar-refractivity contribution is 0.280. The molecule has 2 rings (SSSR count). The Kier molecular flexibility index (Phi) is 3.31. The summed E-state index contributed by atoms with van der Waals surface area (Å²) in [6.07, 6.45) is 7.16. The predicted octanol–water partition coefficient (Wildman–Crippen LogP) is 1.71. The number of nitrogens with zero attached hydrogens (tertiary/aromatic N) is 3. The third kappa shape index (κ3) is 1.97. The van der Waals surface area contributed by atoms with Gasteiger partial charge in [-0.25, -0.2) is 4.68 Å². The van der Waals surface area contributed by atoms with Crippen molar-refractivity contribution in [2.75, 3.05) is 0 Å². The van der Waals surface area contributed by atoms with Gasteiger partial charge >= 0.3 is 0 Å². The molecule has 0 aliphatic heterocycles. The second-order valence-corrected chi connectivity index (χ2v) is 3.64. The van der Waals surface area contributed by atoms with Gasteiger partial charge in [0.25, 0.3) is 0 Å². The zero-order valence-electron chi connectivity index (χ0n) is 9.30. The molecule has 1 N–H and O–H groups in total. The van der Waals surface area contributed by atoms with E-state index in [4.69, 9.17) is 0 Å². The van der Waals surface area contributed by atoms with Crippen LogP contribution in [0.4, 0.5) is 0 Å². The first-order chi connectivity index (χ1) is 7.86. The number of aromatic nitrogens is 3. The fourth-order valence-electron chi connectivity index (χ4n) is 1.75. The molecule has 84 valence electrons. The van der Waals surface area contributed by atoms with Gasteiger partial charge in [0, 0.05) is 23.7 Å². The van der Waals surface area contributed by atoms with E-state index in [1.54, 1.807) is 18.6 Å². The molecule has 0 atom stereocenters. The van der Waals surface area contributed by atoms with Crippen molar-refractivity contribution in [3.8, 4) is 5.69 Å². The third-order valence-corrected chi connectivity index (χ3v) is 2.52. The molecule has 2 aromatic rings. The summed E-state index contributed by atoms with van der Waals surface area (Å²) < 4.78 is 1.87. The van der Waals surface area contributed by atoms with Crippen molar-refractivity contribution in [3.05, 3.63) is 42.0 Å². The first-order valence-electron chi connectivity index (χ1n) is 5.43. The lowest BCUT2D eigenvalue weighted by Gasteiger charge is -2.07. The number of hydrogen-bond acceptors (Lipinski definition) is 3. The molecule has 16 heavy (non-hydrogen) atoms. The molecule has 0 unspecified atom stereocenters. The van der Waals surface area contributed by atoms with Crippen molar-refractivity contribution in [1.29, 1.82) is 0 Å². The van der Waals surface area contributed by atoms with E-state index in [9.17, 15) is 5.11 Å². The smallest absolute Gasteiger partial charge is 0.0715 e. The molecule has 2 aromatic heterocycles. The Bertz CT molecular complexity index is 451. The van der Waals surface area contributed by atoms with E-state index in [0.29, 0.717) is 0 Å². The van der Waals surface area contributed by atoms with Gasteiger partial charge in [-0.3, -0.25) is 4.98 Å². The first kappa shape index (κ1) is 10.8. The molecule has 0 aliphatic rings. The molecule has 0 saturated carbocycles. The Hall–Kier alpha value is -1.68. The first-order valence-corrected chi connectivity index (χ1v) is 5.43. The second kappa shape index (κ2) is 4.90. The molecular formula is C12H15N3O. The van der Waals surface area contributed by atoms with Crippen LogP contribution in [0.5, 0.6) is 0 Å². The van der Waals surface area contributed by atoms with Gasteiger partial charge in [0.2, 0.25) is 0 Å². The van der Waals surface area contributed by atoms with Crippen molar-refractivity contribution in [1.82, 2.24) is 14.8 Å². The molecule has 4 nitrogen and oxygen atoms in total. The fourth-order valence-corrected chi connectivity index (χ4v) is 1.75. The van der Waals surface area contributed by atoms with Crippen molar-refractivity contribution < 1.29 is 5.11 Å². The van der Waals surface area contributed by atoms with Crippen LogP contribution in [-0.4, -0.2) is 19.9 Å². The predicted molar refractivity (Wildman–Crippen MR) is 61.3 cm³/mol. The number of rotatable bonds is 4. The van der Waals surface area contributed by atoms with E-state index in [1.807, 2.05) is 16.8 Å². The highest BCUT2D eigenvalue weighted by Gasteiger charge is 2.10. The lowest BCUT2D eigenvalue weighted by Crippen LogP contribution is -2.03. The zero-order chi connectivity index (χ0) is 11.4. The highest BCUT2D eigenvalue weighted by atomic mass is 16.3. The summed E-state index contributed by atoms with van der Waals surface area (Å²) in [4.78, 5) is 3.98. The maximum absolute atomic E-state index is 9.24. The average Bonchev–Trinajstić information content (AvgIpc) is 2.74. The third-order valence-electron chi connectivity index (χ3n) is 2.52. The molecule has 0 bridgehead atoms. The minimum Gasteiger partial charge on any atom is -0.392 e. The molecule has 0 aliphatic carbocycles. The van der Waals surface area contributed by atoms with Crippen LogP contribution in [0.25, 0.3) is 5.69 Å². The fraction of sp³-hybridized carbons (Fsp3) is 0.333. The van der Waals surface area contributed by atoms with Crippen molar-refractivity contribution in [3.63, 3.8) is 0 Å². The summed E-state index contributed by atoms with van der Waals surface area (Å²) in [5.74, 6) is 0. The number of aliphatic hydroxyl groups excluding tert-OH is 1. The Morgan fingerprint density at radius 2 is 2.06 bits per heavy atom. The van der Waals surface area contributed by atoms with Gasteiger partial charge in [-0.1, -0.05) is 13.3 Å². The monoisotopic (exact) mass is 217 g/mol. The summed E-state index contributed by atoms with van der Waals surface area (Å²) in [6, 6.07) is 3.82. The van der Waals surface area contributed by atoms with E-state index < -0.39 is 0 Å². The lowest BCUT2D eigenvalue weighted by atomic mass is 10.1. The van der Waals surface area contributed by atoms with Gasteiger partial charge in [0.1, 0.15) is 0 Å². The van der Waals surface area contributed by atoms with Crippen LogP contribution in [0.1, 0.15) is 24.6 Å². The molecule has 0 saturated heterocycles. The maximum Gasteiger partial charge on any atom is 0.0715 e. The van der Waals surface area contributed by atoms with E-state index in [2.05, 4.69) is 17.0 Å². The molecule has 2 heterocycles. The highest BCUT2D eigenvalue weighted by Crippen LogP contribution is 2.16. The van der Waals surface area contributed by atoms with E-state index in [1.165, 1.54) is 0 Å². The Morgan fingerprint density at radius 3 is 2.69 bits per heavy atom. The molecule has 0 radical (unpaired) electrons. The van der Waals surface area contributed by atoms with Gasteiger partial charge in [-0.2, -0.15) is 5.10 Å². The molecule has 0 amide bonds. The van der Waals surface area contributed by atoms with E-state index >= 15 is 0 Å². The van der Waals surface area contributed by atoms with Crippen LogP contribution in [-0.2, 0) is 13.0 Å². The van der Waals surface area contributed by atoms with Gasteiger partial charge in [-0.15, -0.1) is 0 Å². The summed E-state index contributed by atoms with van der Waals surface area (Å²) in [7, 11) is 0. The summed E-state index contributed by atoms with van der Waals surface area (Å²) in [5.41, 5.74) is 2.97. The second-order valence-electron chi connectivity index (χ2n) is 3.64. The zero-order valence-corrected chi connectivity index (χ0v) is 9.30. The summed E-state index contributed by atoms with van der Waals surface area (Å²) in [6.45, 7) is 2.16. The van der Waals surface area contributed by atoms with Crippen molar-refractivity contribution in [2.24, 2.45) is 0 Å². The number of hydrogen-bond donors (Lipinski definition) is 1. The van der Waals surface area contributed by atoms with Gasteiger partial charge in [-0.05, 0) is 18.6 Å². The van der Waals surface area contributed by atoms with Crippen LogP contribution in [0.15, 0.2) is 30.7 Å².